The number of ketones is 1. The number of carbonyl (C=O) groups excluding carboxylic acids is 3. The molecule has 0 radical (unpaired) electrons. The van der Waals surface area contributed by atoms with Gasteiger partial charge in [-0.2, -0.15) is 0 Å². The molecule has 0 aromatic rings. The maximum atomic E-state index is 11.6. The van der Waals surface area contributed by atoms with Gasteiger partial charge >= 0.3 is 17.9 Å². The highest BCUT2D eigenvalue weighted by Gasteiger charge is 2.39. The largest absolute Gasteiger partial charge is 0.396 e. The molecular formula is C14H20O7. The van der Waals surface area contributed by atoms with Gasteiger partial charge in [0.2, 0.25) is 0 Å². The molecule has 118 valence electrons. The van der Waals surface area contributed by atoms with Gasteiger partial charge in [-0.3, -0.25) is 4.79 Å². The Kier molecular flexibility index (Phi) is 7.54. The van der Waals surface area contributed by atoms with Crippen molar-refractivity contribution in [2.45, 2.75) is 39.1 Å². The van der Waals surface area contributed by atoms with Crippen molar-refractivity contribution in [3.05, 3.63) is 24.3 Å². The minimum absolute atomic E-state index is 0.0393. The Labute approximate surface area is 122 Å². The van der Waals surface area contributed by atoms with Crippen LogP contribution in [0.25, 0.3) is 0 Å². The molecule has 0 aliphatic carbocycles. The van der Waals surface area contributed by atoms with Crippen molar-refractivity contribution in [1.29, 1.82) is 0 Å². The van der Waals surface area contributed by atoms with Gasteiger partial charge in [0.1, 0.15) is 12.2 Å². The van der Waals surface area contributed by atoms with Crippen LogP contribution in [-0.2, 0) is 23.9 Å². The minimum Gasteiger partial charge on any atom is -0.396 e. The second-order valence-electron chi connectivity index (χ2n) is 4.60. The van der Waals surface area contributed by atoms with Crippen molar-refractivity contribution in [3.8, 4) is 0 Å². The molecule has 0 bridgehead atoms. The van der Waals surface area contributed by atoms with E-state index in [-0.39, 0.29) is 30.6 Å². The first-order valence-corrected chi connectivity index (χ1v) is 6.24. The maximum Gasteiger partial charge on any atom is 0.380 e. The van der Waals surface area contributed by atoms with E-state index in [0.29, 0.717) is 0 Å². The van der Waals surface area contributed by atoms with Gasteiger partial charge in [-0.05, 0) is 20.3 Å². The topological polar surface area (TPSA) is 110 Å². The second kappa shape index (κ2) is 8.33. The molecule has 0 saturated heterocycles. The Morgan fingerprint density at radius 1 is 1.05 bits per heavy atom. The van der Waals surface area contributed by atoms with Crippen LogP contribution in [0.3, 0.4) is 0 Å². The second-order valence-corrected chi connectivity index (χ2v) is 4.60. The Morgan fingerprint density at radius 3 is 1.81 bits per heavy atom. The Balaban J connectivity index is 5.01. The van der Waals surface area contributed by atoms with Gasteiger partial charge in [0.15, 0.2) is 0 Å². The molecule has 2 N–H and O–H groups in total. The van der Waals surface area contributed by atoms with Crippen molar-refractivity contribution in [2.75, 3.05) is 6.61 Å². The standard InChI is InChI=1S/C14H20O7/c1-9(2)12(17)20-14(19,21-13(18)10(3)4)8-11(16)6-5-7-15/h15,19H,1,3,5-8H2,2,4H3. The van der Waals surface area contributed by atoms with Crippen molar-refractivity contribution in [3.63, 3.8) is 0 Å². The molecule has 0 aliphatic heterocycles. The summed E-state index contributed by atoms with van der Waals surface area (Å²) in [6, 6.07) is 0. The van der Waals surface area contributed by atoms with Crippen LogP contribution < -0.4 is 0 Å². The van der Waals surface area contributed by atoms with E-state index in [1.165, 1.54) is 13.8 Å². The number of Topliss-reactive ketones (excluding diaryl/α,β-unsaturated/α-hetero) is 1. The molecule has 0 aromatic carbocycles. The van der Waals surface area contributed by atoms with Gasteiger partial charge in [-0.25, -0.2) is 9.59 Å². The third kappa shape index (κ3) is 7.38. The van der Waals surface area contributed by atoms with E-state index in [4.69, 9.17) is 5.11 Å². The van der Waals surface area contributed by atoms with Gasteiger partial charge in [0.25, 0.3) is 0 Å². The van der Waals surface area contributed by atoms with Gasteiger partial charge in [-0.1, -0.05) is 13.2 Å². The summed E-state index contributed by atoms with van der Waals surface area (Å²) in [5.74, 6) is -5.29. The summed E-state index contributed by atoms with van der Waals surface area (Å²) in [7, 11) is 0. The lowest BCUT2D eigenvalue weighted by Gasteiger charge is -2.26. The molecule has 0 spiro atoms. The van der Waals surface area contributed by atoms with Gasteiger partial charge < -0.3 is 19.7 Å². The van der Waals surface area contributed by atoms with Crippen LogP contribution in [-0.4, -0.2) is 40.5 Å². The van der Waals surface area contributed by atoms with E-state index in [2.05, 4.69) is 22.6 Å². The Hall–Kier alpha value is -1.99. The number of esters is 2. The first-order chi connectivity index (χ1) is 9.61. The van der Waals surface area contributed by atoms with E-state index in [0.717, 1.165) is 0 Å². The lowest BCUT2D eigenvalue weighted by atomic mass is 10.1. The zero-order valence-electron chi connectivity index (χ0n) is 12.2. The number of rotatable bonds is 9. The van der Waals surface area contributed by atoms with E-state index in [1.54, 1.807) is 0 Å². The zero-order valence-corrected chi connectivity index (χ0v) is 12.2. The fourth-order valence-corrected chi connectivity index (χ4v) is 1.17. The first kappa shape index (κ1) is 19.0. The van der Waals surface area contributed by atoms with Crippen molar-refractivity contribution < 1.29 is 34.1 Å². The fraction of sp³-hybridized carbons (Fsp3) is 0.500. The summed E-state index contributed by atoms with van der Waals surface area (Å²) >= 11 is 0. The Morgan fingerprint density at radius 2 is 1.48 bits per heavy atom. The summed E-state index contributed by atoms with van der Waals surface area (Å²) < 4.78 is 9.24. The third-order valence-electron chi connectivity index (χ3n) is 2.24. The van der Waals surface area contributed by atoms with Crippen molar-refractivity contribution in [2.24, 2.45) is 0 Å². The molecule has 0 aliphatic rings. The smallest absolute Gasteiger partial charge is 0.380 e. The molecule has 0 saturated carbocycles. The molecule has 0 fully saturated rings. The highest BCUT2D eigenvalue weighted by Crippen LogP contribution is 2.20. The Bertz CT molecular complexity index is 422. The average Bonchev–Trinajstić information content (AvgIpc) is 2.35. The summed E-state index contributed by atoms with van der Waals surface area (Å²) in [5, 5.41) is 18.7. The summed E-state index contributed by atoms with van der Waals surface area (Å²) in [4.78, 5) is 34.5. The van der Waals surface area contributed by atoms with Crippen LogP contribution in [0, 0.1) is 0 Å². The molecule has 0 heterocycles. The number of hydrogen-bond acceptors (Lipinski definition) is 7. The number of aliphatic hydroxyl groups excluding tert-OH is 1. The van der Waals surface area contributed by atoms with Crippen LogP contribution in [0.5, 0.6) is 0 Å². The van der Waals surface area contributed by atoms with Gasteiger partial charge in [-0.15, -0.1) is 0 Å². The molecule has 7 nitrogen and oxygen atoms in total. The fourth-order valence-electron chi connectivity index (χ4n) is 1.17. The molecular weight excluding hydrogens is 280 g/mol. The molecule has 0 aromatic heterocycles. The van der Waals surface area contributed by atoms with E-state index in [1.807, 2.05) is 0 Å². The minimum atomic E-state index is -2.72. The van der Waals surface area contributed by atoms with Crippen LogP contribution in [0.4, 0.5) is 0 Å². The van der Waals surface area contributed by atoms with E-state index in [9.17, 15) is 19.5 Å². The van der Waals surface area contributed by atoms with Gasteiger partial charge in [0, 0.05) is 24.2 Å². The molecule has 21 heavy (non-hydrogen) atoms. The number of hydrogen-bond donors (Lipinski definition) is 2. The van der Waals surface area contributed by atoms with Crippen LogP contribution >= 0.6 is 0 Å². The molecule has 7 heteroatoms. The summed E-state index contributed by atoms with van der Waals surface area (Å²) in [6.45, 7) is 9.09. The maximum absolute atomic E-state index is 11.6. The molecule has 0 atom stereocenters. The number of ether oxygens (including phenoxy) is 2. The number of carbonyl (C=O) groups is 3. The van der Waals surface area contributed by atoms with E-state index < -0.39 is 30.1 Å². The van der Waals surface area contributed by atoms with E-state index >= 15 is 0 Å². The highest BCUT2D eigenvalue weighted by molar-refractivity contribution is 5.89. The predicted octanol–water partition coefficient (Wildman–Crippen LogP) is 0.603. The predicted molar refractivity (Wildman–Crippen MR) is 72.7 cm³/mol. The highest BCUT2D eigenvalue weighted by atomic mass is 16.8. The number of aliphatic hydroxyl groups is 2. The molecule has 0 rings (SSSR count). The SMILES string of the molecule is C=C(C)C(=O)OC(O)(CC(=O)CCCO)OC(=O)C(=C)C. The van der Waals surface area contributed by atoms with Gasteiger partial charge in [0.05, 0.1) is 0 Å². The average molecular weight is 300 g/mol. The quantitative estimate of drug-likeness (QED) is 0.364. The molecule has 0 amide bonds. The molecule has 0 unspecified atom stereocenters. The first-order valence-electron chi connectivity index (χ1n) is 6.24. The van der Waals surface area contributed by atoms with Crippen LogP contribution in [0.2, 0.25) is 0 Å². The lowest BCUT2D eigenvalue weighted by molar-refractivity contribution is -0.320. The summed E-state index contributed by atoms with van der Waals surface area (Å²) in [6.07, 6.45) is -0.628. The third-order valence-corrected chi connectivity index (χ3v) is 2.24. The lowest BCUT2D eigenvalue weighted by Crippen LogP contribution is -2.42. The summed E-state index contributed by atoms with van der Waals surface area (Å²) in [5.41, 5.74) is -0.0785. The van der Waals surface area contributed by atoms with Crippen molar-refractivity contribution in [1.82, 2.24) is 0 Å². The zero-order chi connectivity index (χ0) is 16.6. The van der Waals surface area contributed by atoms with Crippen LogP contribution in [0.15, 0.2) is 24.3 Å². The van der Waals surface area contributed by atoms with Crippen molar-refractivity contribution >= 4 is 17.7 Å². The monoisotopic (exact) mass is 300 g/mol. The normalized spacial score (nSPS) is 10.7. The van der Waals surface area contributed by atoms with Crippen LogP contribution in [0.1, 0.15) is 33.1 Å².